The third-order valence-electron chi connectivity index (χ3n) is 3.30. The number of aliphatic carboxylic acids is 1. The summed E-state index contributed by atoms with van der Waals surface area (Å²) in [5.74, 6) is -2.33. The fraction of sp³-hybridized carbons (Fsp3) is 0.308. The van der Waals surface area contributed by atoms with Crippen molar-refractivity contribution < 1.29 is 24.6 Å². The Morgan fingerprint density at radius 3 is 2.65 bits per heavy atom. The molecule has 0 aromatic heterocycles. The van der Waals surface area contributed by atoms with E-state index in [2.05, 4.69) is 0 Å². The highest BCUT2D eigenvalue weighted by Crippen LogP contribution is 2.31. The number of carboxylic acids is 1. The number of carboxylic acid groups (broad SMARTS) is 1. The molecule has 7 nitrogen and oxygen atoms in total. The molecule has 1 unspecified atom stereocenters. The highest BCUT2D eigenvalue weighted by Gasteiger charge is 2.37. The number of primary amides is 1. The number of nitrogens with zero attached hydrogens (tertiary/aromatic N) is 1. The highest BCUT2D eigenvalue weighted by atomic mass is 16.4. The molecule has 0 aliphatic carbocycles. The molecule has 20 heavy (non-hydrogen) atoms. The van der Waals surface area contributed by atoms with E-state index in [4.69, 9.17) is 5.73 Å². The van der Waals surface area contributed by atoms with Gasteiger partial charge in [0.05, 0.1) is 6.54 Å². The molecule has 106 valence electrons. The minimum absolute atomic E-state index is 0.0105. The molecule has 2 amide bonds. The van der Waals surface area contributed by atoms with Gasteiger partial charge in [0.25, 0.3) is 5.91 Å². The third-order valence-corrected chi connectivity index (χ3v) is 3.30. The zero-order chi connectivity index (χ0) is 14.9. The zero-order valence-corrected chi connectivity index (χ0v) is 10.6. The molecule has 2 rings (SSSR count). The number of hydrogen-bond acceptors (Lipinski definition) is 4. The van der Waals surface area contributed by atoms with Crippen LogP contribution < -0.4 is 5.73 Å². The van der Waals surface area contributed by atoms with Crippen LogP contribution in [0.1, 0.15) is 28.8 Å². The number of amides is 2. The maximum atomic E-state index is 12.2. The number of nitrogens with two attached hydrogens (primary N) is 1. The topological polar surface area (TPSA) is 121 Å². The summed E-state index contributed by atoms with van der Waals surface area (Å²) in [5, 5.41) is 18.9. The van der Waals surface area contributed by atoms with E-state index in [0.29, 0.717) is 5.56 Å². The van der Waals surface area contributed by atoms with Crippen LogP contribution in [0, 0.1) is 0 Å². The van der Waals surface area contributed by atoms with Crippen molar-refractivity contribution in [1.29, 1.82) is 0 Å². The number of aromatic hydroxyl groups is 1. The van der Waals surface area contributed by atoms with Gasteiger partial charge in [-0.25, -0.2) is 4.79 Å². The van der Waals surface area contributed by atoms with Crippen molar-refractivity contribution in [2.24, 2.45) is 5.73 Å². The minimum atomic E-state index is -1.20. The zero-order valence-electron chi connectivity index (χ0n) is 10.6. The molecule has 1 atom stereocenters. The van der Waals surface area contributed by atoms with Crippen LogP contribution in [0.15, 0.2) is 18.2 Å². The highest BCUT2D eigenvalue weighted by molar-refractivity contribution is 6.01. The Balaban J connectivity index is 2.25. The molecule has 1 aromatic rings. The van der Waals surface area contributed by atoms with Crippen LogP contribution in [0.3, 0.4) is 0 Å². The summed E-state index contributed by atoms with van der Waals surface area (Å²) in [6.45, 7) is 0.0105. The quantitative estimate of drug-likeness (QED) is 0.703. The fourth-order valence-corrected chi connectivity index (χ4v) is 2.28. The maximum Gasteiger partial charge on any atom is 0.326 e. The van der Waals surface area contributed by atoms with Gasteiger partial charge in [-0.15, -0.1) is 0 Å². The average molecular weight is 278 g/mol. The Hall–Kier alpha value is -2.57. The average Bonchev–Trinajstić information content (AvgIpc) is 2.69. The number of hydrogen-bond donors (Lipinski definition) is 3. The van der Waals surface area contributed by atoms with Crippen LogP contribution >= 0.6 is 0 Å². The van der Waals surface area contributed by atoms with E-state index >= 15 is 0 Å². The monoisotopic (exact) mass is 278 g/mol. The first-order valence-corrected chi connectivity index (χ1v) is 6.04. The lowest BCUT2D eigenvalue weighted by atomic mass is 10.1. The smallest absolute Gasteiger partial charge is 0.326 e. The summed E-state index contributed by atoms with van der Waals surface area (Å²) >= 11 is 0. The summed E-state index contributed by atoms with van der Waals surface area (Å²) in [5.41, 5.74) is 5.70. The lowest BCUT2D eigenvalue weighted by Crippen LogP contribution is -2.41. The predicted octanol–water partition coefficient (Wildman–Crippen LogP) is 0.0667. The van der Waals surface area contributed by atoms with Crippen molar-refractivity contribution in [2.45, 2.75) is 25.4 Å². The van der Waals surface area contributed by atoms with E-state index in [1.807, 2.05) is 0 Å². The molecule has 0 radical (unpaired) electrons. The molecule has 1 heterocycles. The van der Waals surface area contributed by atoms with Crippen molar-refractivity contribution in [1.82, 2.24) is 4.90 Å². The van der Waals surface area contributed by atoms with E-state index in [9.17, 15) is 24.6 Å². The molecule has 1 aliphatic rings. The molecule has 0 bridgehead atoms. The van der Waals surface area contributed by atoms with Gasteiger partial charge in [-0.3, -0.25) is 9.59 Å². The van der Waals surface area contributed by atoms with Gasteiger partial charge in [-0.1, -0.05) is 6.07 Å². The molecular formula is C13H14N2O5. The summed E-state index contributed by atoms with van der Waals surface area (Å²) in [7, 11) is 0. The van der Waals surface area contributed by atoms with Gasteiger partial charge < -0.3 is 20.8 Å². The first-order chi connectivity index (χ1) is 9.41. The number of carbonyl (C=O) groups excluding carboxylic acids is 2. The SMILES string of the molecule is NC(=O)CCC(C(=O)O)N1Cc2c(O)cccc2C1=O. The van der Waals surface area contributed by atoms with Crippen molar-refractivity contribution in [2.75, 3.05) is 0 Å². The Morgan fingerprint density at radius 2 is 2.10 bits per heavy atom. The number of rotatable bonds is 5. The number of phenolic OH excluding ortho intramolecular Hbond substituents is 1. The van der Waals surface area contributed by atoms with Crippen LogP contribution in [0.5, 0.6) is 5.75 Å². The molecular weight excluding hydrogens is 264 g/mol. The van der Waals surface area contributed by atoms with Gasteiger partial charge >= 0.3 is 5.97 Å². The number of phenols is 1. The molecule has 0 saturated heterocycles. The summed E-state index contributed by atoms with van der Waals surface area (Å²) in [6, 6.07) is 3.36. The van der Waals surface area contributed by atoms with Crippen LogP contribution in [0.4, 0.5) is 0 Å². The normalized spacial score (nSPS) is 15.0. The first kappa shape index (κ1) is 13.9. The van der Waals surface area contributed by atoms with Gasteiger partial charge in [-0.2, -0.15) is 0 Å². The second-order valence-corrected chi connectivity index (χ2v) is 4.60. The minimum Gasteiger partial charge on any atom is -0.508 e. The van der Waals surface area contributed by atoms with Gasteiger partial charge in [0.1, 0.15) is 11.8 Å². The van der Waals surface area contributed by atoms with Gasteiger partial charge in [0.15, 0.2) is 0 Å². The van der Waals surface area contributed by atoms with Crippen molar-refractivity contribution in [3.05, 3.63) is 29.3 Å². The lowest BCUT2D eigenvalue weighted by Gasteiger charge is -2.23. The number of fused-ring (bicyclic) bond motifs is 1. The Labute approximate surface area is 114 Å². The van der Waals surface area contributed by atoms with E-state index in [1.54, 1.807) is 0 Å². The summed E-state index contributed by atoms with van der Waals surface area (Å²) < 4.78 is 0. The molecule has 4 N–H and O–H groups in total. The molecule has 0 fully saturated rings. The van der Waals surface area contributed by atoms with E-state index < -0.39 is 23.8 Å². The maximum absolute atomic E-state index is 12.2. The van der Waals surface area contributed by atoms with Crippen molar-refractivity contribution in [3.63, 3.8) is 0 Å². The van der Waals surface area contributed by atoms with E-state index in [0.717, 1.165) is 4.90 Å². The fourth-order valence-electron chi connectivity index (χ4n) is 2.28. The van der Waals surface area contributed by atoms with E-state index in [-0.39, 0.29) is 30.7 Å². The second-order valence-electron chi connectivity index (χ2n) is 4.60. The van der Waals surface area contributed by atoms with Crippen molar-refractivity contribution in [3.8, 4) is 5.75 Å². The summed E-state index contributed by atoms with van der Waals surface area (Å²) in [4.78, 5) is 35.4. The van der Waals surface area contributed by atoms with Gasteiger partial charge in [0.2, 0.25) is 5.91 Å². The van der Waals surface area contributed by atoms with Crippen LogP contribution in [0.2, 0.25) is 0 Å². The Bertz CT molecular complexity index is 584. The standard InChI is InChI=1S/C13H14N2O5/c14-11(17)5-4-9(13(19)20)15-6-8-7(12(15)18)2-1-3-10(8)16/h1-3,9,16H,4-6H2,(H2,14,17)(H,19,20). The van der Waals surface area contributed by atoms with Crippen molar-refractivity contribution >= 4 is 17.8 Å². The van der Waals surface area contributed by atoms with Gasteiger partial charge in [-0.05, 0) is 18.6 Å². The molecule has 0 spiro atoms. The first-order valence-electron chi connectivity index (χ1n) is 6.04. The van der Waals surface area contributed by atoms with Crippen LogP contribution in [-0.4, -0.2) is 38.9 Å². The third kappa shape index (κ3) is 2.42. The largest absolute Gasteiger partial charge is 0.508 e. The Kier molecular flexibility index (Phi) is 3.60. The van der Waals surface area contributed by atoms with Crippen LogP contribution in [-0.2, 0) is 16.1 Å². The summed E-state index contributed by atoms with van der Waals surface area (Å²) in [6.07, 6.45) is -0.172. The second kappa shape index (κ2) is 5.20. The number of carbonyl (C=O) groups is 3. The lowest BCUT2D eigenvalue weighted by molar-refractivity contribution is -0.142. The van der Waals surface area contributed by atoms with E-state index in [1.165, 1.54) is 18.2 Å². The van der Waals surface area contributed by atoms with Gasteiger partial charge in [0, 0.05) is 17.5 Å². The number of benzene rings is 1. The molecule has 7 heteroatoms. The molecule has 0 saturated carbocycles. The molecule has 1 aromatic carbocycles. The van der Waals surface area contributed by atoms with Crippen LogP contribution in [0.25, 0.3) is 0 Å². The molecule has 1 aliphatic heterocycles. The predicted molar refractivity (Wildman–Crippen MR) is 67.8 cm³/mol. The Morgan fingerprint density at radius 1 is 1.40 bits per heavy atom.